The third-order valence-corrected chi connectivity index (χ3v) is 2.91. The summed E-state index contributed by atoms with van der Waals surface area (Å²) < 4.78 is 3.57. The molecule has 1 aromatic heterocycles. The molecule has 0 spiro atoms. The summed E-state index contributed by atoms with van der Waals surface area (Å²) in [6.45, 7) is 1.58. The van der Waals surface area contributed by atoms with Gasteiger partial charge in [0, 0.05) is 22.7 Å². The number of nitrogens with zero attached hydrogens (tertiary/aromatic N) is 3. The van der Waals surface area contributed by atoms with E-state index < -0.39 is 0 Å². The number of carbonyl (C=O) groups excluding carboxylic acids is 1. The van der Waals surface area contributed by atoms with Gasteiger partial charge in [-0.05, 0) is 29.8 Å². The summed E-state index contributed by atoms with van der Waals surface area (Å²) in [6.07, 6.45) is 0. The molecule has 1 aromatic carbocycles. The van der Waals surface area contributed by atoms with Gasteiger partial charge < -0.3 is 5.11 Å². The Kier molecular flexibility index (Phi) is 4.18. The minimum absolute atomic E-state index is 0.216. The van der Waals surface area contributed by atoms with E-state index in [1.165, 1.54) is 0 Å². The molecule has 0 unspecified atom stereocenters. The first-order chi connectivity index (χ1) is 9.22. The molecular weight excluding hydrogens is 264 g/mol. The highest BCUT2D eigenvalue weighted by atomic mass is 32.1. The van der Waals surface area contributed by atoms with Crippen molar-refractivity contribution >= 4 is 22.6 Å². The Morgan fingerprint density at radius 3 is 3.05 bits per heavy atom. The first kappa shape index (κ1) is 13.1. The van der Waals surface area contributed by atoms with Crippen molar-refractivity contribution in [3.8, 4) is 11.8 Å². The van der Waals surface area contributed by atoms with Crippen molar-refractivity contribution < 1.29 is 9.90 Å². The molecule has 0 saturated heterocycles. The van der Waals surface area contributed by atoms with E-state index in [4.69, 9.17) is 5.11 Å². The maximum atomic E-state index is 12.1. The average Bonchev–Trinajstić information content (AvgIpc) is 2.90. The smallest absolute Gasteiger partial charge is 0.257 e. The molecule has 2 rings (SSSR count). The molecule has 0 bridgehead atoms. The van der Waals surface area contributed by atoms with Crippen LogP contribution in [-0.4, -0.2) is 32.4 Å². The third-order valence-electron chi connectivity index (χ3n) is 2.40. The number of carbonyl (C=O) groups is 1. The summed E-state index contributed by atoms with van der Waals surface area (Å²) in [6, 6.07) is 5.23. The molecule has 7 heteroatoms. The van der Waals surface area contributed by atoms with Crippen molar-refractivity contribution in [2.45, 2.75) is 6.92 Å². The minimum Gasteiger partial charge on any atom is -0.384 e. The molecule has 0 aliphatic carbocycles. The second kappa shape index (κ2) is 6.04. The number of anilines is 1. The second-order valence-corrected chi connectivity index (χ2v) is 4.29. The van der Waals surface area contributed by atoms with Crippen LogP contribution >= 0.6 is 11.5 Å². The number of rotatable bonds is 2. The van der Waals surface area contributed by atoms with E-state index in [1.807, 2.05) is 0 Å². The van der Waals surface area contributed by atoms with E-state index in [0.717, 1.165) is 17.1 Å². The maximum absolute atomic E-state index is 12.1. The van der Waals surface area contributed by atoms with Crippen LogP contribution in [0.25, 0.3) is 0 Å². The quantitative estimate of drug-likeness (QED) is 0.792. The summed E-state index contributed by atoms with van der Waals surface area (Å²) in [5, 5.41) is 18.7. The van der Waals surface area contributed by atoms with Gasteiger partial charge in [-0.15, -0.1) is 0 Å². The van der Waals surface area contributed by atoms with Crippen LogP contribution in [0.3, 0.4) is 0 Å². The molecule has 0 aliphatic heterocycles. The van der Waals surface area contributed by atoms with Gasteiger partial charge in [0.05, 0.1) is 0 Å². The van der Waals surface area contributed by atoms with Gasteiger partial charge in [0.15, 0.2) is 0 Å². The van der Waals surface area contributed by atoms with Crippen LogP contribution in [-0.2, 0) is 0 Å². The zero-order valence-corrected chi connectivity index (χ0v) is 10.9. The number of aliphatic hydroxyl groups excluding tert-OH is 1. The van der Waals surface area contributed by atoms with E-state index in [1.54, 1.807) is 25.1 Å². The van der Waals surface area contributed by atoms with E-state index in [2.05, 4.69) is 32.0 Å². The second-order valence-electron chi connectivity index (χ2n) is 3.56. The summed E-state index contributed by atoms with van der Waals surface area (Å²) in [4.78, 5) is 12.1. The van der Waals surface area contributed by atoms with Gasteiger partial charge in [-0.2, -0.15) is 0 Å². The van der Waals surface area contributed by atoms with Crippen molar-refractivity contribution in [3.05, 3.63) is 34.9 Å². The monoisotopic (exact) mass is 274 g/mol. The predicted molar refractivity (Wildman–Crippen MR) is 70.8 cm³/mol. The Labute approximate surface area is 113 Å². The first-order valence-corrected chi connectivity index (χ1v) is 6.15. The molecule has 2 aromatic rings. The van der Waals surface area contributed by atoms with Crippen LogP contribution in [0.5, 0.6) is 0 Å². The van der Waals surface area contributed by atoms with Gasteiger partial charge in [0.25, 0.3) is 5.91 Å². The van der Waals surface area contributed by atoms with Crippen molar-refractivity contribution in [1.82, 2.24) is 14.8 Å². The van der Waals surface area contributed by atoms with E-state index >= 15 is 0 Å². The van der Waals surface area contributed by atoms with Crippen LogP contribution in [0.4, 0.5) is 5.13 Å². The number of hydrogen-bond acceptors (Lipinski definition) is 6. The van der Waals surface area contributed by atoms with E-state index in [9.17, 15) is 4.79 Å². The highest BCUT2D eigenvalue weighted by Crippen LogP contribution is 2.15. The summed E-state index contributed by atoms with van der Waals surface area (Å²) >= 11 is 1.00. The molecule has 0 fully saturated rings. The number of amides is 1. The Bertz CT molecular complexity index is 643. The van der Waals surface area contributed by atoms with Crippen LogP contribution in [0.1, 0.15) is 21.5 Å². The van der Waals surface area contributed by atoms with Gasteiger partial charge in [0.2, 0.25) is 5.13 Å². The van der Waals surface area contributed by atoms with Gasteiger partial charge >= 0.3 is 0 Å². The number of hydrogen-bond donors (Lipinski definition) is 2. The van der Waals surface area contributed by atoms with Crippen LogP contribution in [0, 0.1) is 18.8 Å². The number of aliphatic hydroxyl groups is 1. The maximum Gasteiger partial charge on any atom is 0.257 e. The lowest BCUT2D eigenvalue weighted by atomic mass is 10.0. The Balaban J connectivity index is 2.27. The lowest BCUT2D eigenvalue weighted by Crippen LogP contribution is -2.13. The molecule has 0 saturated carbocycles. The SMILES string of the molecule is Cc1c(C#CCO)cccc1C(=O)Nc1nnns1. The molecule has 2 N–H and O–H groups in total. The van der Waals surface area contributed by atoms with Gasteiger partial charge in [-0.25, -0.2) is 0 Å². The number of benzene rings is 1. The zero-order chi connectivity index (χ0) is 13.7. The lowest BCUT2D eigenvalue weighted by Gasteiger charge is -2.06. The summed E-state index contributed by atoms with van der Waals surface area (Å²) in [5.41, 5.74) is 1.95. The number of nitrogens with one attached hydrogen (secondary N) is 1. The lowest BCUT2D eigenvalue weighted by molar-refractivity contribution is 0.102. The summed E-state index contributed by atoms with van der Waals surface area (Å²) in [5.74, 6) is 5.07. The molecule has 0 aliphatic rings. The fourth-order valence-corrected chi connectivity index (χ4v) is 1.86. The highest BCUT2D eigenvalue weighted by Gasteiger charge is 2.12. The Morgan fingerprint density at radius 1 is 1.53 bits per heavy atom. The normalized spacial score (nSPS) is 9.58. The summed E-state index contributed by atoms with van der Waals surface area (Å²) in [7, 11) is 0. The molecule has 96 valence electrons. The van der Waals surface area contributed by atoms with Crippen molar-refractivity contribution in [2.24, 2.45) is 0 Å². The number of aromatic nitrogens is 3. The zero-order valence-electron chi connectivity index (χ0n) is 10.0. The molecule has 6 nitrogen and oxygen atoms in total. The molecule has 19 heavy (non-hydrogen) atoms. The van der Waals surface area contributed by atoms with Crippen LogP contribution in [0.2, 0.25) is 0 Å². The van der Waals surface area contributed by atoms with Crippen molar-refractivity contribution in [2.75, 3.05) is 11.9 Å². The van der Waals surface area contributed by atoms with Crippen LogP contribution < -0.4 is 5.32 Å². The fourth-order valence-electron chi connectivity index (χ4n) is 1.50. The molecule has 1 heterocycles. The van der Waals surface area contributed by atoms with Crippen LogP contribution in [0.15, 0.2) is 18.2 Å². The largest absolute Gasteiger partial charge is 0.384 e. The van der Waals surface area contributed by atoms with Gasteiger partial charge in [-0.1, -0.05) is 27.5 Å². The predicted octanol–water partition coefficient (Wildman–Crippen LogP) is 0.838. The molecule has 0 atom stereocenters. The minimum atomic E-state index is -0.288. The topological polar surface area (TPSA) is 88.0 Å². The van der Waals surface area contributed by atoms with Crippen molar-refractivity contribution in [1.29, 1.82) is 0 Å². The fraction of sp³-hybridized carbons (Fsp3) is 0.167. The Morgan fingerprint density at radius 2 is 2.37 bits per heavy atom. The molecular formula is C12H10N4O2S. The standard InChI is InChI=1S/C12H10N4O2S/c1-8-9(5-3-7-17)4-2-6-10(8)11(18)13-12-14-15-16-19-12/h2,4,6,17H,7H2,1H3,(H,13,14,16,18). The molecule has 1 amide bonds. The molecule has 0 radical (unpaired) electrons. The van der Waals surface area contributed by atoms with Gasteiger partial charge in [-0.3, -0.25) is 10.1 Å². The van der Waals surface area contributed by atoms with E-state index in [0.29, 0.717) is 16.3 Å². The average molecular weight is 274 g/mol. The van der Waals surface area contributed by atoms with E-state index in [-0.39, 0.29) is 12.5 Å². The Hall–Kier alpha value is -2.30. The first-order valence-electron chi connectivity index (χ1n) is 5.38. The van der Waals surface area contributed by atoms with Crippen molar-refractivity contribution in [3.63, 3.8) is 0 Å². The van der Waals surface area contributed by atoms with Gasteiger partial charge in [0.1, 0.15) is 6.61 Å². The third kappa shape index (κ3) is 3.13. The highest BCUT2D eigenvalue weighted by molar-refractivity contribution is 7.09.